The number of H-pyrrole nitrogens is 1. The maximum atomic E-state index is 13.0. The van der Waals surface area contributed by atoms with Gasteiger partial charge in [0.25, 0.3) is 5.91 Å². The molecule has 0 bridgehead atoms. The molecule has 200 valence electrons. The van der Waals surface area contributed by atoms with Gasteiger partial charge in [-0.2, -0.15) is 0 Å². The maximum Gasteiger partial charge on any atom is 0.322 e. The first-order valence-electron chi connectivity index (χ1n) is 11.7. The Bertz CT molecular complexity index is 1410. The van der Waals surface area contributed by atoms with Crippen LogP contribution in [-0.2, 0) is 6.54 Å². The third-order valence-corrected chi connectivity index (χ3v) is 6.66. The molecule has 11 heteroatoms. The number of aliphatic hydroxyl groups excluding tert-OH is 1. The lowest BCUT2D eigenvalue weighted by Crippen LogP contribution is -2.42. The minimum Gasteiger partial charge on any atom is -0.387 e. The summed E-state index contributed by atoms with van der Waals surface area (Å²) in [7, 11) is 0. The van der Waals surface area contributed by atoms with E-state index < -0.39 is 6.10 Å². The Hall–Kier alpha value is -3.30. The molecule has 4 aromatic rings. The van der Waals surface area contributed by atoms with Gasteiger partial charge in [0.15, 0.2) is 0 Å². The molecule has 4 N–H and O–H groups in total. The number of nitrogens with one attached hydrogen (secondary N) is 3. The van der Waals surface area contributed by atoms with Crippen LogP contribution in [0.15, 0.2) is 67.0 Å². The molecule has 38 heavy (non-hydrogen) atoms. The highest BCUT2D eigenvalue weighted by Gasteiger charge is 2.22. The molecule has 8 nitrogen and oxygen atoms in total. The van der Waals surface area contributed by atoms with E-state index in [1.165, 1.54) is 4.90 Å². The Labute approximate surface area is 236 Å². The second kappa shape index (κ2) is 13.0. The van der Waals surface area contributed by atoms with E-state index in [0.29, 0.717) is 33.4 Å². The number of aromatic nitrogens is 2. The van der Waals surface area contributed by atoms with Crippen LogP contribution < -0.4 is 10.6 Å². The van der Waals surface area contributed by atoms with Crippen LogP contribution in [0.2, 0.25) is 10.0 Å². The van der Waals surface area contributed by atoms with Crippen LogP contribution in [0.5, 0.6) is 0 Å². The summed E-state index contributed by atoms with van der Waals surface area (Å²) in [5, 5.41) is 17.2. The number of fused-ring (bicyclic) bond motifs is 1. The standard InChI is InChI=1S/C27H27Cl2N5O3.ClH/c1-16(2)34(14-25(35)18-5-9-21(28)22(29)11-18)27(37)33-20-7-3-17(4-8-20)13-30-26(36)19-6-10-23-24(12-19)32-15-31-23;/h3-12,15-16,25,35H,13-14H2,1-2H3,(H,30,36)(H,31,32)(H,33,37);1H/t25-;/m1./s1. The molecule has 3 aromatic carbocycles. The number of rotatable bonds is 8. The third-order valence-electron chi connectivity index (χ3n) is 5.92. The Morgan fingerprint density at radius 1 is 1.03 bits per heavy atom. The number of amides is 3. The van der Waals surface area contributed by atoms with E-state index in [1.807, 2.05) is 26.0 Å². The Morgan fingerprint density at radius 2 is 1.76 bits per heavy atom. The summed E-state index contributed by atoms with van der Waals surface area (Å²) >= 11 is 12.0. The lowest BCUT2D eigenvalue weighted by molar-refractivity contribution is 0.0951. The summed E-state index contributed by atoms with van der Waals surface area (Å²) < 4.78 is 0. The van der Waals surface area contributed by atoms with Crippen molar-refractivity contribution < 1.29 is 14.7 Å². The SMILES string of the molecule is CC(C)N(C[C@@H](O)c1ccc(Cl)c(Cl)c1)C(=O)Nc1ccc(CNC(=O)c2ccc3nc[nH]c3c2)cc1.Cl. The van der Waals surface area contributed by atoms with Crippen LogP contribution >= 0.6 is 35.6 Å². The van der Waals surface area contributed by atoms with Gasteiger partial charge in [0.2, 0.25) is 0 Å². The van der Waals surface area contributed by atoms with Crippen LogP contribution in [0, 0.1) is 0 Å². The molecule has 0 saturated heterocycles. The van der Waals surface area contributed by atoms with Gasteiger partial charge in [-0.3, -0.25) is 4.79 Å². The van der Waals surface area contributed by atoms with Gasteiger partial charge >= 0.3 is 6.03 Å². The number of nitrogens with zero attached hydrogens (tertiary/aromatic N) is 2. The van der Waals surface area contributed by atoms with Crippen molar-refractivity contribution in [2.24, 2.45) is 0 Å². The number of benzene rings is 3. The van der Waals surface area contributed by atoms with E-state index in [9.17, 15) is 14.7 Å². The van der Waals surface area contributed by atoms with Gasteiger partial charge in [-0.25, -0.2) is 9.78 Å². The Balaban J connectivity index is 0.00000400. The predicted molar refractivity (Wildman–Crippen MR) is 153 cm³/mol. The maximum absolute atomic E-state index is 13.0. The molecule has 1 heterocycles. The lowest BCUT2D eigenvalue weighted by atomic mass is 10.1. The summed E-state index contributed by atoms with van der Waals surface area (Å²) in [5.41, 5.74) is 4.19. The van der Waals surface area contributed by atoms with Gasteiger partial charge in [0.05, 0.1) is 40.1 Å². The highest BCUT2D eigenvalue weighted by atomic mass is 35.5. The monoisotopic (exact) mass is 575 g/mol. The average molecular weight is 577 g/mol. The van der Waals surface area contributed by atoms with Crippen LogP contribution in [0.1, 0.15) is 41.4 Å². The van der Waals surface area contributed by atoms with Crippen LogP contribution in [0.4, 0.5) is 10.5 Å². The highest BCUT2D eigenvalue weighted by molar-refractivity contribution is 6.42. The van der Waals surface area contributed by atoms with E-state index in [0.717, 1.165) is 16.6 Å². The molecule has 4 rings (SSSR count). The van der Waals surface area contributed by atoms with Crippen LogP contribution in [-0.4, -0.2) is 44.5 Å². The number of carbonyl (C=O) groups excluding carboxylic acids is 2. The van der Waals surface area contributed by atoms with E-state index >= 15 is 0 Å². The van der Waals surface area contributed by atoms with E-state index in [4.69, 9.17) is 23.2 Å². The number of halogens is 3. The molecule has 0 radical (unpaired) electrons. The van der Waals surface area contributed by atoms with Gasteiger partial charge < -0.3 is 25.6 Å². The van der Waals surface area contributed by atoms with Crippen molar-refractivity contribution in [3.63, 3.8) is 0 Å². The minimum absolute atomic E-state index is 0. The fraction of sp³-hybridized carbons (Fsp3) is 0.222. The van der Waals surface area contributed by atoms with Gasteiger partial charge in [0, 0.05) is 23.8 Å². The normalized spacial score (nSPS) is 11.6. The zero-order chi connectivity index (χ0) is 26.5. The largest absolute Gasteiger partial charge is 0.387 e. The molecule has 1 aromatic heterocycles. The van der Waals surface area contributed by atoms with Crippen molar-refractivity contribution in [2.75, 3.05) is 11.9 Å². The molecule has 0 aliphatic heterocycles. The molecular formula is C27H28Cl3N5O3. The van der Waals surface area contributed by atoms with Crippen LogP contribution in [0.3, 0.4) is 0 Å². The Morgan fingerprint density at radius 3 is 2.45 bits per heavy atom. The minimum atomic E-state index is -0.928. The summed E-state index contributed by atoms with van der Waals surface area (Å²) in [6, 6.07) is 16.9. The zero-order valence-electron chi connectivity index (χ0n) is 20.7. The zero-order valence-corrected chi connectivity index (χ0v) is 23.1. The molecule has 0 saturated carbocycles. The summed E-state index contributed by atoms with van der Waals surface area (Å²) in [4.78, 5) is 34.2. The quantitative estimate of drug-likeness (QED) is 0.200. The number of aromatic amines is 1. The van der Waals surface area contributed by atoms with Crippen molar-refractivity contribution in [3.8, 4) is 0 Å². The number of urea groups is 1. The average Bonchev–Trinajstić information content (AvgIpc) is 3.36. The number of carbonyl (C=O) groups is 2. The molecule has 0 fully saturated rings. The summed E-state index contributed by atoms with van der Waals surface area (Å²) in [6.07, 6.45) is 0.660. The highest BCUT2D eigenvalue weighted by Crippen LogP contribution is 2.26. The number of hydrogen-bond donors (Lipinski definition) is 4. The van der Waals surface area contributed by atoms with Gasteiger partial charge in [-0.1, -0.05) is 41.4 Å². The van der Waals surface area contributed by atoms with Crippen molar-refractivity contribution in [3.05, 3.63) is 93.7 Å². The van der Waals surface area contributed by atoms with E-state index in [-0.39, 0.29) is 36.9 Å². The first-order valence-corrected chi connectivity index (χ1v) is 12.5. The second-order valence-electron chi connectivity index (χ2n) is 8.88. The van der Waals surface area contributed by atoms with Crippen LogP contribution in [0.25, 0.3) is 11.0 Å². The van der Waals surface area contributed by atoms with Crippen molar-refractivity contribution in [1.29, 1.82) is 0 Å². The Kier molecular flexibility index (Phi) is 9.99. The van der Waals surface area contributed by atoms with E-state index in [1.54, 1.807) is 54.9 Å². The number of imidazole rings is 1. The van der Waals surface area contributed by atoms with Crippen molar-refractivity contribution in [1.82, 2.24) is 20.2 Å². The first kappa shape index (κ1) is 29.3. The number of hydrogen-bond acceptors (Lipinski definition) is 4. The first-order chi connectivity index (χ1) is 17.7. The van der Waals surface area contributed by atoms with Crippen molar-refractivity contribution in [2.45, 2.75) is 32.5 Å². The predicted octanol–water partition coefficient (Wildman–Crippen LogP) is 6.20. The van der Waals surface area contributed by atoms with Gasteiger partial charge in [0.1, 0.15) is 0 Å². The topological polar surface area (TPSA) is 110 Å². The summed E-state index contributed by atoms with van der Waals surface area (Å²) in [5.74, 6) is -0.193. The van der Waals surface area contributed by atoms with Crippen molar-refractivity contribution >= 4 is 64.3 Å². The molecule has 3 amide bonds. The molecule has 0 unspecified atom stereocenters. The molecule has 0 aliphatic carbocycles. The summed E-state index contributed by atoms with van der Waals surface area (Å²) in [6.45, 7) is 4.16. The molecule has 0 aliphatic rings. The fourth-order valence-electron chi connectivity index (χ4n) is 3.80. The molecule has 1 atom stereocenters. The van der Waals surface area contributed by atoms with Gasteiger partial charge in [-0.05, 0) is 67.4 Å². The lowest BCUT2D eigenvalue weighted by Gasteiger charge is -2.29. The number of aliphatic hydroxyl groups is 1. The van der Waals surface area contributed by atoms with E-state index in [2.05, 4.69) is 20.6 Å². The second-order valence-corrected chi connectivity index (χ2v) is 9.69. The third kappa shape index (κ3) is 7.17. The number of anilines is 1. The smallest absolute Gasteiger partial charge is 0.322 e. The molecule has 0 spiro atoms. The fourth-order valence-corrected chi connectivity index (χ4v) is 4.11. The van der Waals surface area contributed by atoms with Gasteiger partial charge in [-0.15, -0.1) is 12.4 Å². The molecular weight excluding hydrogens is 549 g/mol.